The average Bonchev–Trinajstić information content (AvgIpc) is 2.08. The average molecular weight is 186 g/mol. The number of aryl methyl sites for hydroxylation is 1. The summed E-state index contributed by atoms with van der Waals surface area (Å²) in [4.78, 5) is 0. The zero-order valence-electron chi connectivity index (χ0n) is 7.23. The van der Waals surface area contributed by atoms with Crippen molar-refractivity contribution in [2.24, 2.45) is 5.73 Å². The van der Waals surface area contributed by atoms with Crippen molar-refractivity contribution in [1.29, 1.82) is 0 Å². The molecule has 0 bridgehead atoms. The number of methoxy groups -OCH3 is 1. The first-order valence-electron chi connectivity index (χ1n) is 3.72. The van der Waals surface area contributed by atoms with Crippen molar-refractivity contribution in [2.45, 2.75) is 13.5 Å². The van der Waals surface area contributed by atoms with E-state index in [0.717, 1.165) is 11.1 Å². The first-order chi connectivity index (χ1) is 5.70. The third-order valence-electron chi connectivity index (χ3n) is 1.85. The molecule has 12 heavy (non-hydrogen) atoms. The van der Waals surface area contributed by atoms with Gasteiger partial charge in [0, 0.05) is 12.1 Å². The Morgan fingerprint density at radius 2 is 2.17 bits per heavy atom. The predicted octanol–water partition coefficient (Wildman–Crippen LogP) is 2.12. The second kappa shape index (κ2) is 3.78. The molecule has 0 unspecified atom stereocenters. The molecule has 0 fully saturated rings. The van der Waals surface area contributed by atoms with Gasteiger partial charge in [-0.05, 0) is 18.6 Å². The zero-order valence-corrected chi connectivity index (χ0v) is 7.98. The Labute approximate surface area is 77.3 Å². The molecule has 3 heteroatoms. The monoisotopic (exact) mass is 185 g/mol. The van der Waals surface area contributed by atoms with Gasteiger partial charge in [-0.3, -0.25) is 0 Å². The van der Waals surface area contributed by atoms with Crippen LogP contribution < -0.4 is 10.5 Å². The smallest absolute Gasteiger partial charge is 0.142 e. The van der Waals surface area contributed by atoms with Crippen molar-refractivity contribution in [3.63, 3.8) is 0 Å². The molecule has 0 aromatic heterocycles. The molecule has 0 radical (unpaired) electrons. The van der Waals surface area contributed by atoms with Crippen LogP contribution in [0.15, 0.2) is 12.1 Å². The highest BCUT2D eigenvalue weighted by molar-refractivity contribution is 6.32. The standard InChI is InChI=1S/C9H12ClNO/c1-6-3-4-8(10)9(12-2)7(6)5-11/h3-4H,5,11H2,1-2H3. The molecule has 2 nitrogen and oxygen atoms in total. The summed E-state index contributed by atoms with van der Waals surface area (Å²) in [5.74, 6) is 0.694. The second-order valence-electron chi connectivity index (χ2n) is 2.58. The van der Waals surface area contributed by atoms with E-state index in [1.807, 2.05) is 19.1 Å². The summed E-state index contributed by atoms with van der Waals surface area (Å²) >= 11 is 5.90. The summed E-state index contributed by atoms with van der Waals surface area (Å²) in [6.45, 7) is 2.44. The number of hydrogen-bond donors (Lipinski definition) is 1. The zero-order chi connectivity index (χ0) is 9.14. The lowest BCUT2D eigenvalue weighted by Gasteiger charge is -2.10. The van der Waals surface area contributed by atoms with E-state index in [1.54, 1.807) is 7.11 Å². The number of nitrogens with two attached hydrogens (primary N) is 1. The number of ether oxygens (including phenoxy) is 1. The van der Waals surface area contributed by atoms with Crippen LogP contribution in [-0.2, 0) is 6.54 Å². The maximum Gasteiger partial charge on any atom is 0.142 e. The Kier molecular flexibility index (Phi) is 2.95. The molecule has 1 rings (SSSR count). The molecule has 0 amide bonds. The SMILES string of the molecule is COc1c(Cl)ccc(C)c1CN. The Balaban J connectivity index is 3.28. The topological polar surface area (TPSA) is 35.2 Å². The van der Waals surface area contributed by atoms with Gasteiger partial charge >= 0.3 is 0 Å². The van der Waals surface area contributed by atoms with Crippen LogP contribution in [0.4, 0.5) is 0 Å². The highest BCUT2D eigenvalue weighted by Crippen LogP contribution is 2.30. The molecule has 0 atom stereocenters. The maximum absolute atomic E-state index is 5.90. The minimum absolute atomic E-state index is 0.454. The molecule has 0 saturated carbocycles. The highest BCUT2D eigenvalue weighted by Gasteiger charge is 2.08. The molecule has 0 heterocycles. The fourth-order valence-electron chi connectivity index (χ4n) is 1.17. The quantitative estimate of drug-likeness (QED) is 0.766. The van der Waals surface area contributed by atoms with Crippen molar-refractivity contribution in [1.82, 2.24) is 0 Å². The third-order valence-corrected chi connectivity index (χ3v) is 2.15. The summed E-state index contributed by atoms with van der Waals surface area (Å²) in [6, 6.07) is 3.75. The van der Waals surface area contributed by atoms with E-state index in [2.05, 4.69) is 0 Å². The Bertz CT molecular complexity index is 257. The van der Waals surface area contributed by atoms with Crippen LogP contribution in [0, 0.1) is 6.92 Å². The lowest BCUT2D eigenvalue weighted by molar-refractivity contribution is 0.409. The molecule has 2 N–H and O–H groups in total. The third kappa shape index (κ3) is 1.54. The molecule has 0 aliphatic carbocycles. The molecular weight excluding hydrogens is 174 g/mol. The Hall–Kier alpha value is -0.730. The van der Waals surface area contributed by atoms with Crippen LogP contribution in [0.3, 0.4) is 0 Å². The molecule has 0 spiro atoms. The normalized spacial score (nSPS) is 10.0. The van der Waals surface area contributed by atoms with Crippen LogP contribution in [0.1, 0.15) is 11.1 Å². The summed E-state index contributed by atoms with van der Waals surface area (Å²) in [5, 5.41) is 0.614. The van der Waals surface area contributed by atoms with E-state index in [9.17, 15) is 0 Å². The van der Waals surface area contributed by atoms with Gasteiger partial charge in [0.05, 0.1) is 12.1 Å². The number of hydrogen-bond acceptors (Lipinski definition) is 2. The molecule has 1 aromatic rings. The van der Waals surface area contributed by atoms with Gasteiger partial charge in [-0.2, -0.15) is 0 Å². The van der Waals surface area contributed by atoms with Gasteiger partial charge < -0.3 is 10.5 Å². The molecule has 1 aromatic carbocycles. The molecule has 66 valence electrons. The van der Waals surface area contributed by atoms with E-state index >= 15 is 0 Å². The van der Waals surface area contributed by atoms with Gasteiger partial charge in [-0.25, -0.2) is 0 Å². The number of benzene rings is 1. The van der Waals surface area contributed by atoms with Crippen LogP contribution in [0.2, 0.25) is 5.02 Å². The fraction of sp³-hybridized carbons (Fsp3) is 0.333. The van der Waals surface area contributed by atoms with Crippen LogP contribution in [-0.4, -0.2) is 7.11 Å². The minimum Gasteiger partial charge on any atom is -0.495 e. The van der Waals surface area contributed by atoms with Crippen LogP contribution >= 0.6 is 11.6 Å². The lowest BCUT2D eigenvalue weighted by atomic mass is 10.1. The van der Waals surface area contributed by atoms with E-state index in [1.165, 1.54) is 0 Å². The molecule has 0 aliphatic rings. The van der Waals surface area contributed by atoms with Crippen molar-refractivity contribution in [3.8, 4) is 5.75 Å². The summed E-state index contributed by atoms with van der Waals surface area (Å²) in [7, 11) is 1.60. The number of halogens is 1. The summed E-state index contributed by atoms with van der Waals surface area (Å²) < 4.78 is 5.14. The Morgan fingerprint density at radius 3 is 2.58 bits per heavy atom. The van der Waals surface area contributed by atoms with Crippen molar-refractivity contribution >= 4 is 11.6 Å². The van der Waals surface area contributed by atoms with E-state index < -0.39 is 0 Å². The van der Waals surface area contributed by atoms with Crippen LogP contribution in [0.5, 0.6) is 5.75 Å². The first kappa shape index (κ1) is 9.36. The second-order valence-corrected chi connectivity index (χ2v) is 2.99. The summed E-state index contributed by atoms with van der Waals surface area (Å²) in [5.41, 5.74) is 7.64. The largest absolute Gasteiger partial charge is 0.495 e. The van der Waals surface area contributed by atoms with E-state index in [-0.39, 0.29) is 0 Å². The first-order valence-corrected chi connectivity index (χ1v) is 4.10. The van der Waals surface area contributed by atoms with Crippen molar-refractivity contribution < 1.29 is 4.74 Å². The molecule has 0 aliphatic heterocycles. The van der Waals surface area contributed by atoms with Gasteiger partial charge in [-0.15, -0.1) is 0 Å². The predicted molar refractivity (Wildman–Crippen MR) is 50.6 cm³/mol. The number of rotatable bonds is 2. The highest BCUT2D eigenvalue weighted by atomic mass is 35.5. The van der Waals surface area contributed by atoms with Gasteiger partial charge in [0.25, 0.3) is 0 Å². The molecule has 0 saturated heterocycles. The maximum atomic E-state index is 5.90. The molecular formula is C9H12ClNO. The minimum atomic E-state index is 0.454. The van der Waals surface area contributed by atoms with Crippen molar-refractivity contribution in [2.75, 3.05) is 7.11 Å². The van der Waals surface area contributed by atoms with Gasteiger partial charge in [0.2, 0.25) is 0 Å². The summed E-state index contributed by atoms with van der Waals surface area (Å²) in [6.07, 6.45) is 0. The fourth-order valence-corrected chi connectivity index (χ4v) is 1.43. The van der Waals surface area contributed by atoms with Gasteiger partial charge in [0.1, 0.15) is 5.75 Å². The van der Waals surface area contributed by atoms with Gasteiger partial charge in [-0.1, -0.05) is 17.7 Å². The van der Waals surface area contributed by atoms with Crippen molar-refractivity contribution in [3.05, 3.63) is 28.3 Å². The van der Waals surface area contributed by atoms with E-state index in [4.69, 9.17) is 22.1 Å². The lowest BCUT2D eigenvalue weighted by Crippen LogP contribution is -2.02. The van der Waals surface area contributed by atoms with Crippen LogP contribution in [0.25, 0.3) is 0 Å². The Morgan fingerprint density at radius 1 is 1.50 bits per heavy atom. The van der Waals surface area contributed by atoms with E-state index in [0.29, 0.717) is 17.3 Å². The van der Waals surface area contributed by atoms with Gasteiger partial charge in [0.15, 0.2) is 0 Å².